The van der Waals surface area contributed by atoms with Crippen molar-refractivity contribution in [2.24, 2.45) is 5.41 Å². The molecule has 1 N–H and O–H groups in total. The van der Waals surface area contributed by atoms with E-state index in [1.54, 1.807) is 25.3 Å². The van der Waals surface area contributed by atoms with Crippen molar-refractivity contribution >= 4 is 21.6 Å². The van der Waals surface area contributed by atoms with Crippen LogP contribution < -0.4 is 4.74 Å². The predicted molar refractivity (Wildman–Crippen MR) is 106 cm³/mol. The smallest absolute Gasteiger partial charge is 0.244 e. The summed E-state index contributed by atoms with van der Waals surface area (Å²) in [7, 11) is -2.01. The van der Waals surface area contributed by atoms with E-state index in [4.69, 9.17) is 16.3 Å². The van der Waals surface area contributed by atoms with Crippen LogP contribution in [0.4, 0.5) is 0 Å². The summed E-state index contributed by atoms with van der Waals surface area (Å²) in [6.45, 7) is 0.757. The van der Waals surface area contributed by atoms with Gasteiger partial charge in [0.05, 0.1) is 12.1 Å². The molecule has 7 heteroatoms. The molecule has 0 unspecified atom stereocenters. The molecule has 0 amide bonds. The van der Waals surface area contributed by atoms with Gasteiger partial charge in [0.15, 0.2) is 0 Å². The lowest BCUT2D eigenvalue weighted by molar-refractivity contribution is 0.0684. The molecule has 0 atom stereocenters. The monoisotopic (exact) mass is 409 g/mol. The van der Waals surface area contributed by atoms with Crippen molar-refractivity contribution in [3.8, 4) is 5.75 Å². The summed E-state index contributed by atoms with van der Waals surface area (Å²) in [5.74, 6) is 0.789. The molecule has 5 nitrogen and oxygen atoms in total. The van der Waals surface area contributed by atoms with Gasteiger partial charge in [0.1, 0.15) is 10.6 Å². The summed E-state index contributed by atoms with van der Waals surface area (Å²) < 4.78 is 32.5. The van der Waals surface area contributed by atoms with Crippen molar-refractivity contribution in [3.63, 3.8) is 0 Å². The summed E-state index contributed by atoms with van der Waals surface area (Å²) in [5, 5.41) is 10.3. The number of rotatable bonds is 6. The highest BCUT2D eigenvalue weighted by Crippen LogP contribution is 2.37. The molecule has 1 saturated heterocycles. The Kier molecular flexibility index (Phi) is 6.11. The highest BCUT2D eigenvalue weighted by Gasteiger charge is 2.38. The maximum Gasteiger partial charge on any atom is 0.244 e. The first-order valence-corrected chi connectivity index (χ1v) is 10.7. The molecule has 0 aliphatic carbocycles. The summed E-state index contributed by atoms with van der Waals surface area (Å²) in [5.41, 5.74) is 0.786. The lowest BCUT2D eigenvalue weighted by Gasteiger charge is -2.40. The molecule has 1 fully saturated rings. The molecule has 1 heterocycles. The zero-order valence-electron chi connectivity index (χ0n) is 15.3. The van der Waals surface area contributed by atoms with E-state index in [9.17, 15) is 13.5 Å². The molecule has 2 aromatic carbocycles. The van der Waals surface area contributed by atoms with Gasteiger partial charge in [-0.3, -0.25) is 0 Å². The average Bonchev–Trinajstić information content (AvgIpc) is 2.69. The largest absolute Gasteiger partial charge is 0.497 e. The number of piperidine rings is 1. The van der Waals surface area contributed by atoms with E-state index >= 15 is 0 Å². The van der Waals surface area contributed by atoms with Crippen LogP contribution in [0, 0.1) is 5.41 Å². The minimum Gasteiger partial charge on any atom is -0.497 e. The maximum atomic E-state index is 12.9. The van der Waals surface area contributed by atoms with Crippen molar-refractivity contribution in [1.29, 1.82) is 0 Å². The summed E-state index contributed by atoms with van der Waals surface area (Å²) in [6.07, 6.45) is 1.89. The number of nitrogens with zero attached hydrogens (tertiary/aromatic N) is 1. The lowest BCUT2D eigenvalue weighted by atomic mass is 9.75. The molecule has 0 spiro atoms. The molecule has 0 bridgehead atoms. The fraction of sp³-hybridized carbons (Fsp3) is 0.400. The maximum absolute atomic E-state index is 12.9. The second-order valence-corrected chi connectivity index (χ2v) is 9.33. The summed E-state index contributed by atoms with van der Waals surface area (Å²) >= 11 is 6.09. The van der Waals surface area contributed by atoms with Crippen LogP contribution in [0.25, 0.3) is 0 Å². The molecule has 3 rings (SSSR count). The molecule has 0 saturated carbocycles. The van der Waals surface area contributed by atoms with Gasteiger partial charge in [-0.25, -0.2) is 8.42 Å². The van der Waals surface area contributed by atoms with Gasteiger partial charge in [0.2, 0.25) is 10.0 Å². The fourth-order valence-corrected chi connectivity index (χ4v) is 5.50. The molecule has 1 aliphatic rings. The third-order valence-electron chi connectivity index (χ3n) is 5.31. The Bertz CT molecular complexity index is 875. The number of aliphatic hydroxyl groups excluding tert-OH is 1. The number of hydrogen-bond acceptors (Lipinski definition) is 4. The predicted octanol–water partition coefficient (Wildman–Crippen LogP) is 3.35. The average molecular weight is 410 g/mol. The standard InChI is InChI=1S/C20H24ClNO4S/c1-26-17-8-6-16(7-9-17)14-20(15-23)10-12-22(13-11-20)27(24,25)19-5-3-2-4-18(19)21/h2-9,23H,10-15H2,1H3. The van der Waals surface area contributed by atoms with Crippen LogP contribution in [0.3, 0.4) is 0 Å². The first kappa shape index (κ1) is 20.1. The Balaban J connectivity index is 1.73. The Labute approximate surface area is 165 Å². The molecular weight excluding hydrogens is 386 g/mol. The number of halogens is 1. The van der Waals surface area contributed by atoms with Crippen LogP contribution in [0.2, 0.25) is 5.02 Å². The topological polar surface area (TPSA) is 66.8 Å². The highest BCUT2D eigenvalue weighted by molar-refractivity contribution is 7.89. The number of aliphatic hydroxyl groups is 1. The van der Waals surface area contributed by atoms with Crippen molar-refractivity contribution in [2.75, 3.05) is 26.8 Å². The van der Waals surface area contributed by atoms with Crippen LogP contribution in [0.5, 0.6) is 5.75 Å². The first-order chi connectivity index (χ1) is 12.9. The quantitative estimate of drug-likeness (QED) is 0.794. The lowest BCUT2D eigenvalue weighted by Crippen LogP contribution is -2.45. The van der Waals surface area contributed by atoms with Crippen molar-refractivity contribution < 1.29 is 18.3 Å². The van der Waals surface area contributed by atoms with Crippen molar-refractivity contribution in [1.82, 2.24) is 4.31 Å². The summed E-state index contributed by atoms with van der Waals surface area (Å²) in [6, 6.07) is 14.3. The van der Waals surface area contributed by atoms with Crippen LogP contribution >= 0.6 is 11.6 Å². The Morgan fingerprint density at radius 2 is 1.74 bits per heavy atom. The minimum absolute atomic E-state index is 0.0268. The Morgan fingerprint density at radius 3 is 2.30 bits per heavy atom. The number of hydrogen-bond donors (Lipinski definition) is 1. The van der Waals surface area contributed by atoms with E-state index in [0.717, 1.165) is 11.3 Å². The SMILES string of the molecule is COc1ccc(CC2(CO)CCN(S(=O)(=O)c3ccccc3Cl)CC2)cc1. The number of ether oxygens (including phenoxy) is 1. The van der Waals surface area contributed by atoms with Gasteiger partial charge in [-0.15, -0.1) is 0 Å². The van der Waals surface area contributed by atoms with E-state index in [1.807, 2.05) is 24.3 Å². The van der Waals surface area contributed by atoms with Crippen LogP contribution in [-0.4, -0.2) is 44.6 Å². The van der Waals surface area contributed by atoms with E-state index < -0.39 is 10.0 Å². The second kappa shape index (κ2) is 8.19. The highest BCUT2D eigenvalue weighted by atomic mass is 35.5. The van der Waals surface area contributed by atoms with Gasteiger partial charge in [-0.05, 0) is 54.5 Å². The molecule has 0 aromatic heterocycles. The number of methoxy groups -OCH3 is 1. The van der Waals surface area contributed by atoms with Crippen LogP contribution in [0.15, 0.2) is 53.4 Å². The van der Waals surface area contributed by atoms with Gasteiger partial charge < -0.3 is 9.84 Å². The molecule has 2 aromatic rings. The Morgan fingerprint density at radius 1 is 1.11 bits per heavy atom. The van der Waals surface area contributed by atoms with Gasteiger partial charge in [-0.1, -0.05) is 35.9 Å². The van der Waals surface area contributed by atoms with E-state index in [1.165, 1.54) is 10.4 Å². The molecule has 27 heavy (non-hydrogen) atoms. The summed E-state index contributed by atoms with van der Waals surface area (Å²) in [4.78, 5) is 0.137. The first-order valence-electron chi connectivity index (χ1n) is 8.89. The van der Waals surface area contributed by atoms with Gasteiger partial charge in [0.25, 0.3) is 0 Å². The van der Waals surface area contributed by atoms with Crippen molar-refractivity contribution in [3.05, 3.63) is 59.1 Å². The molecule has 0 radical (unpaired) electrons. The Hall–Kier alpha value is -1.60. The number of sulfonamides is 1. The third-order valence-corrected chi connectivity index (χ3v) is 7.71. The third kappa shape index (κ3) is 4.29. The van der Waals surface area contributed by atoms with E-state index in [2.05, 4.69) is 0 Å². The van der Waals surface area contributed by atoms with E-state index in [-0.39, 0.29) is 21.9 Å². The molecule has 146 valence electrons. The second-order valence-electron chi connectivity index (χ2n) is 7.02. The molecular formula is C20H24ClNO4S. The molecule has 1 aliphatic heterocycles. The normalized spacial score (nSPS) is 17.6. The zero-order chi connectivity index (χ0) is 19.5. The van der Waals surface area contributed by atoms with Crippen LogP contribution in [0.1, 0.15) is 18.4 Å². The van der Waals surface area contributed by atoms with Crippen LogP contribution in [-0.2, 0) is 16.4 Å². The van der Waals surface area contributed by atoms with Crippen molar-refractivity contribution in [2.45, 2.75) is 24.2 Å². The van der Waals surface area contributed by atoms with Gasteiger partial charge in [-0.2, -0.15) is 4.31 Å². The van der Waals surface area contributed by atoms with Gasteiger partial charge >= 0.3 is 0 Å². The number of benzene rings is 2. The minimum atomic E-state index is -3.63. The zero-order valence-corrected chi connectivity index (χ0v) is 16.8. The van der Waals surface area contributed by atoms with Gasteiger partial charge in [0, 0.05) is 19.7 Å². The van der Waals surface area contributed by atoms with E-state index in [0.29, 0.717) is 32.4 Å². The fourth-order valence-electron chi connectivity index (χ4n) is 3.56.